The zero-order valence-electron chi connectivity index (χ0n) is 12.9. The lowest BCUT2D eigenvalue weighted by Crippen LogP contribution is -2.26. The SMILES string of the molecule is O=C(NCCC1C(=O)Nc2ccccc21)c1ccc2c(c1)OCO2. The highest BCUT2D eigenvalue weighted by atomic mass is 16.7. The average Bonchev–Trinajstić information content (AvgIpc) is 3.18. The molecule has 1 atom stereocenters. The molecule has 6 nitrogen and oxygen atoms in total. The number of fused-ring (bicyclic) bond motifs is 2. The van der Waals surface area contributed by atoms with Gasteiger partial charge in [-0.15, -0.1) is 0 Å². The van der Waals surface area contributed by atoms with Crippen molar-refractivity contribution >= 4 is 17.5 Å². The topological polar surface area (TPSA) is 76.7 Å². The van der Waals surface area contributed by atoms with Crippen molar-refractivity contribution in [3.8, 4) is 11.5 Å². The third-order valence-corrected chi connectivity index (χ3v) is 4.26. The second-order valence-corrected chi connectivity index (χ2v) is 5.74. The normalized spacial score (nSPS) is 17.3. The summed E-state index contributed by atoms with van der Waals surface area (Å²) in [5.41, 5.74) is 2.35. The van der Waals surface area contributed by atoms with E-state index in [9.17, 15) is 9.59 Å². The van der Waals surface area contributed by atoms with Crippen LogP contribution in [-0.4, -0.2) is 25.2 Å². The second kappa shape index (κ2) is 5.88. The summed E-state index contributed by atoms with van der Waals surface area (Å²) < 4.78 is 10.5. The van der Waals surface area contributed by atoms with Gasteiger partial charge in [-0.3, -0.25) is 9.59 Å². The van der Waals surface area contributed by atoms with E-state index in [2.05, 4.69) is 10.6 Å². The Balaban J connectivity index is 1.37. The van der Waals surface area contributed by atoms with Crippen LogP contribution in [0.2, 0.25) is 0 Å². The molecule has 0 saturated heterocycles. The first-order valence-electron chi connectivity index (χ1n) is 7.80. The van der Waals surface area contributed by atoms with Crippen LogP contribution in [0.15, 0.2) is 42.5 Å². The van der Waals surface area contributed by atoms with Crippen molar-refractivity contribution in [1.29, 1.82) is 0 Å². The Morgan fingerprint density at radius 3 is 2.92 bits per heavy atom. The Bertz CT molecular complexity index is 818. The van der Waals surface area contributed by atoms with Gasteiger partial charge in [-0.2, -0.15) is 0 Å². The Morgan fingerprint density at radius 1 is 1.17 bits per heavy atom. The zero-order chi connectivity index (χ0) is 16.5. The Labute approximate surface area is 138 Å². The van der Waals surface area contributed by atoms with E-state index in [1.807, 2.05) is 24.3 Å². The van der Waals surface area contributed by atoms with Crippen molar-refractivity contribution in [3.63, 3.8) is 0 Å². The van der Waals surface area contributed by atoms with E-state index in [0.717, 1.165) is 11.3 Å². The van der Waals surface area contributed by atoms with Gasteiger partial charge in [0.25, 0.3) is 5.91 Å². The molecule has 0 bridgehead atoms. The lowest BCUT2D eigenvalue weighted by Gasteiger charge is -2.10. The van der Waals surface area contributed by atoms with E-state index in [4.69, 9.17) is 9.47 Å². The molecule has 0 radical (unpaired) electrons. The third kappa shape index (κ3) is 2.56. The molecule has 4 rings (SSSR count). The van der Waals surface area contributed by atoms with Crippen LogP contribution in [0.4, 0.5) is 5.69 Å². The molecule has 24 heavy (non-hydrogen) atoms. The molecule has 0 aromatic heterocycles. The summed E-state index contributed by atoms with van der Waals surface area (Å²) >= 11 is 0. The van der Waals surface area contributed by atoms with Gasteiger partial charge in [0.05, 0.1) is 5.92 Å². The quantitative estimate of drug-likeness (QED) is 0.904. The van der Waals surface area contributed by atoms with Gasteiger partial charge < -0.3 is 20.1 Å². The van der Waals surface area contributed by atoms with Crippen LogP contribution in [0, 0.1) is 0 Å². The summed E-state index contributed by atoms with van der Waals surface area (Å²) in [7, 11) is 0. The fourth-order valence-corrected chi connectivity index (χ4v) is 3.03. The lowest BCUT2D eigenvalue weighted by atomic mass is 9.97. The maximum atomic E-state index is 12.2. The first-order chi connectivity index (χ1) is 11.7. The highest BCUT2D eigenvalue weighted by Gasteiger charge is 2.29. The average molecular weight is 324 g/mol. The fraction of sp³-hybridized carbons (Fsp3) is 0.222. The standard InChI is InChI=1S/C18H16N2O4/c21-17(11-5-6-15-16(9-11)24-10-23-15)19-8-7-13-12-3-1-2-4-14(12)20-18(13)22/h1-6,9,13H,7-8,10H2,(H,19,21)(H,20,22). The minimum atomic E-state index is -0.224. The number of carbonyl (C=O) groups is 2. The third-order valence-electron chi connectivity index (χ3n) is 4.26. The first-order valence-corrected chi connectivity index (χ1v) is 7.80. The number of hydrogen-bond donors (Lipinski definition) is 2. The van der Waals surface area contributed by atoms with E-state index < -0.39 is 0 Å². The number of hydrogen-bond acceptors (Lipinski definition) is 4. The molecule has 2 aromatic carbocycles. The van der Waals surface area contributed by atoms with Gasteiger partial charge in [-0.1, -0.05) is 18.2 Å². The minimum Gasteiger partial charge on any atom is -0.454 e. The Hall–Kier alpha value is -3.02. The van der Waals surface area contributed by atoms with Crippen LogP contribution < -0.4 is 20.1 Å². The van der Waals surface area contributed by atoms with Gasteiger partial charge in [-0.05, 0) is 36.2 Å². The molecule has 2 amide bonds. The summed E-state index contributed by atoms with van der Waals surface area (Å²) in [6.45, 7) is 0.594. The van der Waals surface area contributed by atoms with Crippen molar-refractivity contribution < 1.29 is 19.1 Å². The van der Waals surface area contributed by atoms with Gasteiger partial charge in [-0.25, -0.2) is 0 Å². The van der Waals surface area contributed by atoms with E-state index >= 15 is 0 Å². The summed E-state index contributed by atoms with van der Waals surface area (Å²) in [6, 6.07) is 12.7. The van der Waals surface area contributed by atoms with Crippen LogP contribution in [0.1, 0.15) is 28.3 Å². The van der Waals surface area contributed by atoms with Crippen molar-refractivity contribution in [2.75, 3.05) is 18.7 Å². The maximum Gasteiger partial charge on any atom is 0.251 e. The number of para-hydroxylation sites is 1. The van der Waals surface area contributed by atoms with E-state index in [-0.39, 0.29) is 24.5 Å². The van der Waals surface area contributed by atoms with Crippen LogP contribution in [0.3, 0.4) is 0 Å². The summed E-state index contributed by atoms with van der Waals surface area (Å²) in [5, 5.41) is 5.72. The number of rotatable bonds is 4. The monoisotopic (exact) mass is 324 g/mol. The van der Waals surface area contributed by atoms with Gasteiger partial charge in [0.15, 0.2) is 11.5 Å². The van der Waals surface area contributed by atoms with E-state index in [1.54, 1.807) is 18.2 Å². The number of anilines is 1. The summed E-state index contributed by atoms with van der Waals surface area (Å²) in [6.07, 6.45) is 0.555. The molecule has 2 aliphatic rings. The van der Waals surface area contributed by atoms with Crippen molar-refractivity contribution in [3.05, 3.63) is 53.6 Å². The van der Waals surface area contributed by atoms with Crippen LogP contribution in [-0.2, 0) is 4.79 Å². The highest BCUT2D eigenvalue weighted by Crippen LogP contribution is 2.34. The van der Waals surface area contributed by atoms with Crippen molar-refractivity contribution in [2.45, 2.75) is 12.3 Å². The number of amides is 2. The van der Waals surface area contributed by atoms with Gasteiger partial charge in [0.1, 0.15) is 0 Å². The van der Waals surface area contributed by atoms with Crippen molar-refractivity contribution in [1.82, 2.24) is 5.32 Å². The van der Waals surface area contributed by atoms with Crippen LogP contribution in [0.5, 0.6) is 11.5 Å². The van der Waals surface area contributed by atoms with E-state index in [0.29, 0.717) is 30.0 Å². The fourth-order valence-electron chi connectivity index (χ4n) is 3.03. The lowest BCUT2D eigenvalue weighted by molar-refractivity contribution is -0.117. The summed E-state index contributed by atoms with van der Waals surface area (Å²) in [4.78, 5) is 24.3. The molecule has 2 aromatic rings. The smallest absolute Gasteiger partial charge is 0.251 e. The Kier molecular flexibility index (Phi) is 3.57. The number of ether oxygens (including phenoxy) is 2. The number of carbonyl (C=O) groups excluding carboxylic acids is 2. The Morgan fingerprint density at radius 2 is 2.00 bits per heavy atom. The molecule has 0 fully saturated rings. The first kappa shape index (κ1) is 14.6. The second-order valence-electron chi connectivity index (χ2n) is 5.74. The van der Waals surface area contributed by atoms with Crippen LogP contribution in [0.25, 0.3) is 0 Å². The molecule has 1 unspecified atom stereocenters. The molecular weight excluding hydrogens is 308 g/mol. The molecule has 2 heterocycles. The zero-order valence-corrected chi connectivity index (χ0v) is 12.9. The number of nitrogens with one attached hydrogen (secondary N) is 2. The van der Waals surface area contributed by atoms with E-state index in [1.165, 1.54) is 0 Å². The molecule has 2 aliphatic heterocycles. The number of benzene rings is 2. The van der Waals surface area contributed by atoms with Gasteiger partial charge >= 0.3 is 0 Å². The molecule has 0 aliphatic carbocycles. The van der Waals surface area contributed by atoms with Gasteiger partial charge in [0, 0.05) is 17.8 Å². The molecule has 0 spiro atoms. The van der Waals surface area contributed by atoms with Crippen LogP contribution >= 0.6 is 0 Å². The molecular formula is C18H16N2O4. The predicted octanol–water partition coefficient (Wildman–Crippen LogP) is 2.27. The predicted molar refractivity (Wildman–Crippen MR) is 87.3 cm³/mol. The molecule has 0 saturated carbocycles. The molecule has 2 N–H and O–H groups in total. The largest absolute Gasteiger partial charge is 0.454 e. The highest BCUT2D eigenvalue weighted by molar-refractivity contribution is 6.02. The minimum absolute atomic E-state index is 0.0199. The summed E-state index contributed by atoms with van der Waals surface area (Å²) in [5.74, 6) is 0.782. The van der Waals surface area contributed by atoms with Gasteiger partial charge in [0.2, 0.25) is 12.7 Å². The van der Waals surface area contributed by atoms with Crippen molar-refractivity contribution in [2.24, 2.45) is 0 Å². The molecule has 6 heteroatoms. The molecule has 122 valence electrons. The maximum absolute atomic E-state index is 12.2.